The number of carbonyl (C=O) groups excluding carboxylic acids is 1. The Morgan fingerprint density at radius 3 is 2.78 bits per heavy atom. The summed E-state index contributed by atoms with van der Waals surface area (Å²) in [5.74, 6) is -0.0506. The van der Waals surface area contributed by atoms with Gasteiger partial charge in [-0.2, -0.15) is 0 Å². The van der Waals surface area contributed by atoms with Crippen LogP contribution in [-0.4, -0.2) is 44.0 Å². The summed E-state index contributed by atoms with van der Waals surface area (Å²) in [5.41, 5.74) is 0.272. The molecule has 0 atom stereocenters. The van der Waals surface area contributed by atoms with Crippen LogP contribution < -0.4 is 5.32 Å². The maximum atomic E-state index is 11.3. The van der Waals surface area contributed by atoms with E-state index in [1.54, 1.807) is 5.38 Å². The van der Waals surface area contributed by atoms with E-state index in [0.717, 1.165) is 0 Å². The molecule has 1 aromatic rings. The fourth-order valence-corrected chi connectivity index (χ4v) is 4.00. The van der Waals surface area contributed by atoms with Crippen molar-refractivity contribution in [2.24, 2.45) is 0 Å². The summed E-state index contributed by atoms with van der Waals surface area (Å²) in [4.78, 5) is 15.3. The molecular weight excluding hydrogens is 276 g/mol. The van der Waals surface area contributed by atoms with E-state index in [1.807, 2.05) is 0 Å². The molecule has 18 heavy (non-hydrogen) atoms. The van der Waals surface area contributed by atoms with Crippen LogP contribution >= 0.6 is 11.3 Å². The van der Waals surface area contributed by atoms with Gasteiger partial charge in [-0.3, -0.25) is 0 Å². The minimum Gasteiger partial charge on any atom is -0.464 e. The van der Waals surface area contributed by atoms with E-state index in [0.29, 0.717) is 18.0 Å². The van der Waals surface area contributed by atoms with Crippen molar-refractivity contribution in [3.05, 3.63) is 11.1 Å². The number of hydrogen-bond acceptors (Lipinski definition) is 7. The Morgan fingerprint density at radius 2 is 2.17 bits per heavy atom. The minimum absolute atomic E-state index is 0.102. The quantitative estimate of drug-likeness (QED) is 0.833. The van der Waals surface area contributed by atoms with Gasteiger partial charge in [0.25, 0.3) is 0 Å². The summed E-state index contributed by atoms with van der Waals surface area (Å²) in [6, 6.07) is 0.102. The van der Waals surface area contributed by atoms with Crippen LogP contribution in [0.2, 0.25) is 0 Å². The predicted octanol–water partition coefficient (Wildman–Crippen LogP) is 0.919. The maximum absolute atomic E-state index is 11.3. The highest BCUT2D eigenvalue weighted by Gasteiger charge is 2.24. The lowest BCUT2D eigenvalue weighted by Crippen LogP contribution is -2.32. The van der Waals surface area contributed by atoms with E-state index in [9.17, 15) is 13.2 Å². The Bertz CT molecular complexity index is 524. The Morgan fingerprint density at radius 1 is 1.50 bits per heavy atom. The zero-order chi connectivity index (χ0) is 13.2. The fraction of sp³-hybridized carbons (Fsp3) is 0.600. The molecule has 0 aromatic carbocycles. The molecule has 1 N–H and O–H groups in total. The van der Waals surface area contributed by atoms with E-state index in [4.69, 9.17) is 0 Å². The van der Waals surface area contributed by atoms with E-state index in [-0.39, 0.29) is 23.2 Å². The lowest BCUT2D eigenvalue weighted by molar-refractivity contribution is 0.0595. The fourth-order valence-electron chi connectivity index (χ4n) is 1.75. The molecular formula is C10H14N2O4S2. The van der Waals surface area contributed by atoms with Gasteiger partial charge in [0.2, 0.25) is 0 Å². The summed E-state index contributed by atoms with van der Waals surface area (Å²) < 4.78 is 27.1. The van der Waals surface area contributed by atoms with Gasteiger partial charge in [0.1, 0.15) is 9.84 Å². The molecule has 6 nitrogen and oxygen atoms in total. The number of hydrogen-bond donors (Lipinski definition) is 1. The lowest BCUT2D eigenvalue weighted by Gasteiger charge is -2.22. The van der Waals surface area contributed by atoms with Crippen LogP contribution in [0.4, 0.5) is 5.13 Å². The number of thiazole rings is 1. The van der Waals surface area contributed by atoms with Gasteiger partial charge in [-0.15, -0.1) is 11.3 Å². The Kier molecular flexibility index (Phi) is 3.86. The molecule has 0 radical (unpaired) electrons. The van der Waals surface area contributed by atoms with Gasteiger partial charge in [-0.25, -0.2) is 18.2 Å². The molecule has 2 rings (SSSR count). The number of anilines is 1. The first-order valence-corrected chi connectivity index (χ1v) is 8.21. The molecule has 2 heterocycles. The van der Waals surface area contributed by atoms with Crippen molar-refractivity contribution in [3.8, 4) is 0 Å². The number of ether oxygens (including phenoxy) is 1. The summed E-state index contributed by atoms with van der Waals surface area (Å²) in [7, 11) is -1.54. The minimum atomic E-state index is -2.85. The summed E-state index contributed by atoms with van der Waals surface area (Å²) in [6.45, 7) is 0. The molecule has 1 saturated heterocycles. The van der Waals surface area contributed by atoms with Crippen LogP contribution in [0.5, 0.6) is 0 Å². The molecule has 1 aromatic heterocycles. The Hall–Kier alpha value is -1.15. The lowest BCUT2D eigenvalue weighted by atomic mass is 10.2. The molecule has 0 aliphatic carbocycles. The Balaban J connectivity index is 1.94. The summed E-state index contributed by atoms with van der Waals surface area (Å²) in [6.07, 6.45) is 1.16. The van der Waals surface area contributed by atoms with Crippen molar-refractivity contribution in [1.29, 1.82) is 0 Å². The first-order valence-electron chi connectivity index (χ1n) is 5.51. The monoisotopic (exact) mass is 290 g/mol. The van der Waals surface area contributed by atoms with Gasteiger partial charge in [0.15, 0.2) is 10.8 Å². The number of nitrogens with one attached hydrogen (secondary N) is 1. The van der Waals surface area contributed by atoms with Crippen LogP contribution in [-0.2, 0) is 14.6 Å². The molecule has 1 aliphatic rings. The third-order valence-corrected chi connectivity index (χ3v) is 5.27. The van der Waals surface area contributed by atoms with Crippen molar-refractivity contribution < 1.29 is 17.9 Å². The molecule has 100 valence electrons. The third kappa shape index (κ3) is 3.20. The van der Waals surface area contributed by atoms with Gasteiger partial charge in [0, 0.05) is 11.4 Å². The van der Waals surface area contributed by atoms with Crippen LogP contribution in [0.1, 0.15) is 23.3 Å². The molecule has 8 heteroatoms. The number of esters is 1. The van der Waals surface area contributed by atoms with Crippen molar-refractivity contribution >= 4 is 32.3 Å². The zero-order valence-electron chi connectivity index (χ0n) is 9.88. The predicted molar refractivity (Wildman–Crippen MR) is 68.8 cm³/mol. The first kappa shape index (κ1) is 13.3. The average molecular weight is 290 g/mol. The highest BCUT2D eigenvalue weighted by molar-refractivity contribution is 7.91. The van der Waals surface area contributed by atoms with E-state index >= 15 is 0 Å². The topological polar surface area (TPSA) is 85.4 Å². The van der Waals surface area contributed by atoms with Crippen LogP contribution in [0, 0.1) is 0 Å². The normalized spacial score (nSPS) is 19.4. The second kappa shape index (κ2) is 5.23. The SMILES string of the molecule is COC(=O)c1csc(NC2CCS(=O)(=O)CC2)n1. The van der Waals surface area contributed by atoms with Gasteiger partial charge < -0.3 is 10.1 Å². The van der Waals surface area contributed by atoms with Crippen molar-refractivity contribution in [2.45, 2.75) is 18.9 Å². The maximum Gasteiger partial charge on any atom is 0.357 e. The number of aromatic nitrogens is 1. The molecule has 1 fully saturated rings. The highest BCUT2D eigenvalue weighted by atomic mass is 32.2. The van der Waals surface area contributed by atoms with Crippen molar-refractivity contribution in [3.63, 3.8) is 0 Å². The first-order chi connectivity index (χ1) is 8.50. The average Bonchev–Trinajstić information content (AvgIpc) is 2.79. The number of rotatable bonds is 3. The molecule has 0 saturated carbocycles. The molecule has 0 amide bonds. The van der Waals surface area contributed by atoms with E-state index < -0.39 is 15.8 Å². The number of methoxy groups -OCH3 is 1. The van der Waals surface area contributed by atoms with Gasteiger partial charge >= 0.3 is 5.97 Å². The smallest absolute Gasteiger partial charge is 0.357 e. The number of carbonyl (C=O) groups is 1. The standard InChI is InChI=1S/C10H14N2O4S2/c1-16-9(13)8-6-17-10(12-8)11-7-2-4-18(14,15)5-3-7/h6-7H,2-5H2,1H3,(H,11,12). The Labute approximate surface area is 109 Å². The van der Waals surface area contributed by atoms with Crippen LogP contribution in [0.3, 0.4) is 0 Å². The van der Waals surface area contributed by atoms with Crippen molar-refractivity contribution in [1.82, 2.24) is 4.98 Å². The molecule has 0 spiro atoms. The highest BCUT2D eigenvalue weighted by Crippen LogP contribution is 2.21. The molecule has 0 bridgehead atoms. The van der Waals surface area contributed by atoms with Crippen molar-refractivity contribution in [2.75, 3.05) is 23.9 Å². The van der Waals surface area contributed by atoms with E-state index in [2.05, 4.69) is 15.0 Å². The second-order valence-electron chi connectivity index (χ2n) is 4.10. The third-order valence-electron chi connectivity index (χ3n) is 2.78. The second-order valence-corrected chi connectivity index (χ2v) is 7.26. The van der Waals surface area contributed by atoms with Gasteiger partial charge in [-0.1, -0.05) is 0 Å². The van der Waals surface area contributed by atoms with E-state index in [1.165, 1.54) is 18.4 Å². The van der Waals surface area contributed by atoms with Gasteiger partial charge in [-0.05, 0) is 12.8 Å². The van der Waals surface area contributed by atoms with Crippen LogP contribution in [0.15, 0.2) is 5.38 Å². The number of sulfone groups is 1. The molecule has 1 aliphatic heterocycles. The summed E-state index contributed by atoms with van der Waals surface area (Å²) >= 11 is 1.31. The van der Waals surface area contributed by atoms with Crippen LogP contribution in [0.25, 0.3) is 0 Å². The largest absolute Gasteiger partial charge is 0.464 e. The van der Waals surface area contributed by atoms with Gasteiger partial charge in [0.05, 0.1) is 18.6 Å². The molecule has 0 unspecified atom stereocenters. The number of nitrogens with zero attached hydrogens (tertiary/aromatic N) is 1. The zero-order valence-corrected chi connectivity index (χ0v) is 11.5. The summed E-state index contributed by atoms with van der Waals surface area (Å²) in [5, 5.41) is 5.40.